The van der Waals surface area contributed by atoms with Crippen molar-refractivity contribution < 1.29 is 4.79 Å². The summed E-state index contributed by atoms with van der Waals surface area (Å²) in [7, 11) is 0. The zero-order chi connectivity index (χ0) is 11.3. The maximum Gasteiger partial charge on any atom is 0.156 e. The first kappa shape index (κ1) is 11.9. The van der Waals surface area contributed by atoms with Crippen LogP contribution in [0.3, 0.4) is 0 Å². The Bertz CT molecular complexity index is 317. The van der Waals surface area contributed by atoms with Gasteiger partial charge in [-0.3, -0.25) is 4.79 Å². The monoisotopic (exact) mass is 205 g/mol. The molecular formula is C13H19NO. The van der Waals surface area contributed by atoms with E-state index >= 15 is 0 Å². The zero-order valence-corrected chi connectivity index (χ0v) is 9.71. The maximum absolute atomic E-state index is 12.0. The van der Waals surface area contributed by atoms with Crippen LogP contribution in [0.15, 0.2) is 30.3 Å². The molecule has 0 spiro atoms. The highest BCUT2D eigenvalue weighted by molar-refractivity contribution is 5.89. The van der Waals surface area contributed by atoms with Crippen molar-refractivity contribution in [2.45, 2.75) is 32.7 Å². The van der Waals surface area contributed by atoms with Crippen molar-refractivity contribution in [2.24, 2.45) is 0 Å². The van der Waals surface area contributed by atoms with E-state index in [1.165, 1.54) is 0 Å². The van der Waals surface area contributed by atoms with Crippen LogP contribution in [-0.4, -0.2) is 17.9 Å². The van der Waals surface area contributed by atoms with E-state index in [0.29, 0.717) is 6.42 Å². The molecule has 2 heteroatoms. The van der Waals surface area contributed by atoms with Crippen molar-refractivity contribution in [3.63, 3.8) is 0 Å². The van der Waals surface area contributed by atoms with Crippen LogP contribution in [-0.2, 0) is 11.2 Å². The number of nitrogens with one attached hydrogen (secondary N) is 1. The molecule has 0 bridgehead atoms. The standard InChI is InChI=1S/C13H19NO/c1-4-14-13(2,3)12(15)10-11-8-6-5-7-9-11/h5-9,14H,4,10H2,1-3H3. The third kappa shape index (κ3) is 3.48. The van der Waals surface area contributed by atoms with Gasteiger partial charge >= 0.3 is 0 Å². The molecule has 0 radical (unpaired) electrons. The van der Waals surface area contributed by atoms with E-state index in [1.54, 1.807) is 0 Å². The Morgan fingerprint density at radius 2 is 1.87 bits per heavy atom. The molecule has 15 heavy (non-hydrogen) atoms. The number of ketones is 1. The van der Waals surface area contributed by atoms with E-state index in [0.717, 1.165) is 12.1 Å². The second kappa shape index (κ2) is 5.08. The van der Waals surface area contributed by atoms with Crippen LogP contribution in [0, 0.1) is 0 Å². The second-order valence-corrected chi connectivity index (χ2v) is 4.24. The molecule has 0 aliphatic carbocycles. The predicted molar refractivity (Wildman–Crippen MR) is 62.9 cm³/mol. The molecule has 2 nitrogen and oxygen atoms in total. The first-order valence-corrected chi connectivity index (χ1v) is 5.38. The molecule has 0 atom stereocenters. The summed E-state index contributed by atoms with van der Waals surface area (Å²) in [6.07, 6.45) is 0.501. The van der Waals surface area contributed by atoms with E-state index in [9.17, 15) is 4.79 Å². The summed E-state index contributed by atoms with van der Waals surface area (Å²) in [6, 6.07) is 9.86. The fourth-order valence-electron chi connectivity index (χ4n) is 1.54. The molecule has 0 unspecified atom stereocenters. The summed E-state index contributed by atoms with van der Waals surface area (Å²) in [5.74, 6) is 0.232. The maximum atomic E-state index is 12.0. The Labute approximate surface area is 91.7 Å². The van der Waals surface area contributed by atoms with Gasteiger partial charge in [-0.2, -0.15) is 0 Å². The van der Waals surface area contributed by atoms with Crippen LogP contribution in [0.2, 0.25) is 0 Å². The lowest BCUT2D eigenvalue weighted by Gasteiger charge is -2.24. The van der Waals surface area contributed by atoms with E-state index in [1.807, 2.05) is 51.1 Å². The van der Waals surface area contributed by atoms with Crippen LogP contribution in [0.25, 0.3) is 0 Å². The summed E-state index contributed by atoms with van der Waals surface area (Å²) in [4.78, 5) is 12.0. The van der Waals surface area contributed by atoms with Gasteiger partial charge in [-0.25, -0.2) is 0 Å². The summed E-state index contributed by atoms with van der Waals surface area (Å²) < 4.78 is 0. The minimum absolute atomic E-state index is 0.232. The lowest BCUT2D eigenvalue weighted by atomic mass is 9.93. The van der Waals surface area contributed by atoms with Crippen LogP contribution in [0.5, 0.6) is 0 Å². The SMILES string of the molecule is CCNC(C)(C)C(=O)Cc1ccccc1. The highest BCUT2D eigenvalue weighted by atomic mass is 16.1. The molecule has 0 amide bonds. The molecule has 0 heterocycles. The number of hydrogen-bond donors (Lipinski definition) is 1. The van der Waals surface area contributed by atoms with Gasteiger partial charge in [-0.05, 0) is 26.0 Å². The van der Waals surface area contributed by atoms with Gasteiger partial charge in [0.1, 0.15) is 0 Å². The van der Waals surface area contributed by atoms with Crippen LogP contribution < -0.4 is 5.32 Å². The van der Waals surface area contributed by atoms with E-state index in [4.69, 9.17) is 0 Å². The Morgan fingerprint density at radius 3 is 2.40 bits per heavy atom. The fraction of sp³-hybridized carbons (Fsp3) is 0.462. The van der Waals surface area contributed by atoms with Gasteiger partial charge in [0.25, 0.3) is 0 Å². The molecule has 0 fully saturated rings. The van der Waals surface area contributed by atoms with Crippen LogP contribution >= 0.6 is 0 Å². The summed E-state index contributed by atoms with van der Waals surface area (Å²) in [5, 5.41) is 3.19. The van der Waals surface area contributed by atoms with Gasteiger partial charge in [-0.1, -0.05) is 37.3 Å². The average Bonchev–Trinajstić information content (AvgIpc) is 2.19. The molecule has 0 aromatic heterocycles. The van der Waals surface area contributed by atoms with Crippen molar-refractivity contribution in [3.05, 3.63) is 35.9 Å². The lowest BCUT2D eigenvalue weighted by molar-refractivity contribution is -0.123. The van der Waals surface area contributed by atoms with Crippen LogP contribution in [0.4, 0.5) is 0 Å². The molecule has 1 N–H and O–H groups in total. The Morgan fingerprint density at radius 1 is 1.27 bits per heavy atom. The summed E-state index contributed by atoms with van der Waals surface area (Å²) >= 11 is 0. The van der Waals surface area contributed by atoms with Gasteiger partial charge in [-0.15, -0.1) is 0 Å². The number of benzene rings is 1. The van der Waals surface area contributed by atoms with Crippen LogP contribution in [0.1, 0.15) is 26.3 Å². The zero-order valence-electron chi connectivity index (χ0n) is 9.71. The Hall–Kier alpha value is -1.15. The molecular weight excluding hydrogens is 186 g/mol. The number of Topliss-reactive ketones (excluding diaryl/α,β-unsaturated/α-hetero) is 1. The third-order valence-electron chi connectivity index (χ3n) is 2.52. The third-order valence-corrected chi connectivity index (χ3v) is 2.52. The normalized spacial score (nSPS) is 11.4. The molecule has 1 aromatic rings. The number of rotatable bonds is 5. The molecule has 0 saturated carbocycles. The number of carbonyl (C=O) groups is 1. The highest BCUT2D eigenvalue weighted by Crippen LogP contribution is 2.09. The number of carbonyl (C=O) groups excluding carboxylic acids is 1. The smallest absolute Gasteiger partial charge is 0.156 e. The van der Waals surface area contributed by atoms with Crippen molar-refractivity contribution in [1.29, 1.82) is 0 Å². The molecule has 0 aliphatic rings. The second-order valence-electron chi connectivity index (χ2n) is 4.24. The fourth-order valence-corrected chi connectivity index (χ4v) is 1.54. The minimum Gasteiger partial charge on any atom is -0.306 e. The highest BCUT2D eigenvalue weighted by Gasteiger charge is 2.25. The van der Waals surface area contributed by atoms with Gasteiger partial charge in [0, 0.05) is 6.42 Å². The van der Waals surface area contributed by atoms with E-state index < -0.39 is 5.54 Å². The number of likely N-dealkylation sites (N-methyl/N-ethyl adjacent to an activating group) is 1. The largest absolute Gasteiger partial charge is 0.306 e. The molecule has 1 rings (SSSR count). The quantitative estimate of drug-likeness (QED) is 0.798. The van der Waals surface area contributed by atoms with E-state index in [-0.39, 0.29) is 5.78 Å². The molecule has 82 valence electrons. The van der Waals surface area contributed by atoms with Crippen molar-refractivity contribution in [1.82, 2.24) is 5.32 Å². The number of hydrogen-bond acceptors (Lipinski definition) is 2. The van der Waals surface area contributed by atoms with Crippen molar-refractivity contribution >= 4 is 5.78 Å². The topological polar surface area (TPSA) is 29.1 Å². The van der Waals surface area contributed by atoms with Gasteiger partial charge in [0.2, 0.25) is 0 Å². The van der Waals surface area contributed by atoms with Crippen molar-refractivity contribution in [2.75, 3.05) is 6.54 Å². The molecule has 0 saturated heterocycles. The van der Waals surface area contributed by atoms with Gasteiger partial charge < -0.3 is 5.32 Å². The van der Waals surface area contributed by atoms with Crippen molar-refractivity contribution in [3.8, 4) is 0 Å². The average molecular weight is 205 g/mol. The Balaban J connectivity index is 2.63. The summed E-state index contributed by atoms with van der Waals surface area (Å²) in [6.45, 7) is 6.69. The predicted octanol–water partition coefficient (Wildman–Crippen LogP) is 2.19. The first-order valence-electron chi connectivity index (χ1n) is 5.38. The first-order chi connectivity index (χ1) is 7.06. The minimum atomic E-state index is -0.426. The molecule has 1 aromatic carbocycles. The van der Waals surface area contributed by atoms with Gasteiger partial charge in [0.15, 0.2) is 5.78 Å². The Kier molecular flexibility index (Phi) is 4.04. The van der Waals surface area contributed by atoms with Gasteiger partial charge in [0.05, 0.1) is 5.54 Å². The summed E-state index contributed by atoms with van der Waals surface area (Å²) in [5.41, 5.74) is 0.651. The van der Waals surface area contributed by atoms with E-state index in [2.05, 4.69) is 5.32 Å². The molecule has 0 aliphatic heterocycles. The lowest BCUT2D eigenvalue weighted by Crippen LogP contribution is -2.47.